The van der Waals surface area contributed by atoms with E-state index in [2.05, 4.69) is 52.6 Å². The van der Waals surface area contributed by atoms with E-state index in [9.17, 15) is 4.39 Å². The molecule has 5 rings (SSSR count). The highest BCUT2D eigenvalue weighted by atomic mass is 32.2. The van der Waals surface area contributed by atoms with Gasteiger partial charge in [-0.15, -0.1) is 11.8 Å². The van der Waals surface area contributed by atoms with E-state index < -0.39 is 6.17 Å². The van der Waals surface area contributed by atoms with E-state index >= 15 is 0 Å². The Bertz CT molecular complexity index is 890. The van der Waals surface area contributed by atoms with Crippen LogP contribution in [0.2, 0.25) is 0 Å². The Labute approximate surface area is 156 Å². The van der Waals surface area contributed by atoms with Gasteiger partial charge in [0.1, 0.15) is 6.17 Å². The molecule has 2 aliphatic heterocycles. The van der Waals surface area contributed by atoms with Gasteiger partial charge in [0.05, 0.1) is 11.4 Å². The van der Waals surface area contributed by atoms with Crippen molar-refractivity contribution in [1.29, 1.82) is 0 Å². The minimum Gasteiger partial charge on any atom is -0.344 e. The number of rotatable bonds is 4. The number of aromatic nitrogens is 2. The number of nitrogens with zero attached hydrogens (tertiary/aromatic N) is 3. The average Bonchev–Trinajstić information content (AvgIpc) is 3.32. The molecule has 3 nitrogen and oxygen atoms in total. The molecule has 0 bridgehead atoms. The molecule has 5 heteroatoms. The van der Waals surface area contributed by atoms with Crippen LogP contribution in [-0.4, -0.2) is 32.6 Å². The van der Waals surface area contributed by atoms with Gasteiger partial charge < -0.3 is 4.90 Å². The van der Waals surface area contributed by atoms with Gasteiger partial charge in [0.2, 0.25) is 0 Å². The number of benzene rings is 1. The standard InChI is InChI=1S/C21H20FN3S/c22-17-13-19(14-17)24-10-6-16(21-20(24)7-11-26-21)12-15-2-4-18(5-3-15)25-9-1-8-23-25/h1-10,17,19H,11-14H2. The fourth-order valence-electron chi connectivity index (χ4n) is 3.79. The number of hydrogen-bond donors (Lipinski definition) is 0. The van der Waals surface area contributed by atoms with Crippen LogP contribution in [0.5, 0.6) is 0 Å². The molecule has 2 aromatic rings. The Morgan fingerprint density at radius 2 is 2.04 bits per heavy atom. The minimum atomic E-state index is -0.620. The maximum Gasteiger partial charge on any atom is 0.104 e. The molecule has 0 amide bonds. The summed E-state index contributed by atoms with van der Waals surface area (Å²) >= 11 is 1.90. The summed E-state index contributed by atoms with van der Waals surface area (Å²) in [5.74, 6) is 1.01. The first kappa shape index (κ1) is 15.9. The van der Waals surface area contributed by atoms with Crippen LogP contribution in [0.1, 0.15) is 18.4 Å². The Balaban J connectivity index is 1.35. The van der Waals surface area contributed by atoms with E-state index in [1.165, 1.54) is 21.7 Å². The molecule has 1 saturated carbocycles. The van der Waals surface area contributed by atoms with E-state index in [0.29, 0.717) is 18.9 Å². The van der Waals surface area contributed by atoms with Crippen molar-refractivity contribution in [1.82, 2.24) is 14.7 Å². The molecule has 0 radical (unpaired) electrons. The third kappa shape index (κ3) is 2.80. The summed E-state index contributed by atoms with van der Waals surface area (Å²) in [6, 6.07) is 10.8. The second-order valence-corrected chi connectivity index (χ2v) is 8.02. The van der Waals surface area contributed by atoms with Gasteiger partial charge in [-0.05, 0) is 60.8 Å². The van der Waals surface area contributed by atoms with Crippen LogP contribution in [0.3, 0.4) is 0 Å². The first-order valence-electron chi connectivity index (χ1n) is 9.04. The first-order valence-corrected chi connectivity index (χ1v) is 10.0. The van der Waals surface area contributed by atoms with Crippen LogP contribution in [0.25, 0.3) is 5.69 Å². The summed E-state index contributed by atoms with van der Waals surface area (Å²) in [6.45, 7) is 0. The predicted molar refractivity (Wildman–Crippen MR) is 104 cm³/mol. The second kappa shape index (κ2) is 6.47. The molecule has 0 atom stereocenters. The van der Waals surface area contributed by atoms with Gasteiger partial charge in [0.25, 0.3) is 0 Å². The smallest absolute Gasteiger partial charge is 0.104 e. The van der Waals surface area contributed by atoms with Crippen LogP contribution in [0.4, 0.5) is 4.39 Å². The van der Waals surface area contributed by atoms with E-state index in [1.54, 1.807) is 6.20 Å². The highest BCUT2D eigenvalue weighted by Gasteiger charge is 2.37. The molecular formula is C21H20FN3S. The SMILES string of the molecule is FC1CC(N2C=CC(Cc3ccc(-n4cccn4)cc3)=C3SCC=C32)C1. The lowest BCUT2D eigenvalue weighted by molar-refractivity contribution is 0.105. The van der Waals surface area contributed by atoms with E-state index in [1.807, 2.05) is 28.7 Å². The van der Waals surface area contributed by atoms with Crippen molar-refractivity contribution in [2.75, 3.05) is 5.75 Å². The van der Waals surface area contributed by atoms with Crippen molar-refractivity contribution >= 4 is 11.8 Å². The van der Waals surface area contributed by atoms with Crippen LogP contribution in [0, 0.1) is 0 Å². The van der Waals surface area contributed by atoms with Crippen LogP contribution in [-0.2, 0) is 6.42 Å². The summed E-state index contributed by atoms with van der Waals surface area (Å²) in [5, 5.41) is 4.27. The number of thioether (sulfide) groups is 1. The summed E-state index contributed by atoms with van der Waals surface area (Å²) < 4.78 is 15.1. The molecular weight excluding hydrogens is 345 g/mol. The number of allylic oxidation sites excluding steroid dienone is 2. The number of fused-ring (bicyclic) bond motifs is 1. The maximum absolute atomic E-state index is 13.3. The molecule has 26 heavy (non-hydrogen) atoms. The Kier molecular flexibility index (Phi) is 3.97. The van der Waals surface area contributed by atoms with Gasteiger partial charge in [-0.2, -0.15) is 5.10 Å². The molecule has 1 aliphatic carbocycles. The van der Waals surface area contributed by atoms with Crippen molar-refractivity contribution in [2.24, 2.45) is 0 Å². The molecule has 0 saturated heterocycles. The molecule has 132 valence electrons. The van der Waals surface area contributed by atoms with E-state index in [-0.39, 0.29) is 0 Å². The van der Waals surface area contributed by atoms with Crippen molar-refractivity contribution in [2.45, 2.75) is 31.5 Å². The van der Waals surface area contributed by atoms with Gasteiger partial charge in [0, 0.05) is 35.3 Å². The van der Waals surface area contributed by atoms with Crippen molar-refractivity contribution < 1.29 is 4.39 Å². The van der Waals surface area contributed by atoms with Gasteiger partial charge in [-0.1, -0.05) is 12.1 Å². The first-order chi connectivity index (χ1) is 12.8. The normalized spacial score (nSPS) is 24.5. The van der Waals surface area contributed by atoms with Crippen molar-refractivity contribution in [3.63, 3.8) is 0 Å². The Hall–Kier alpha value is -2.27. The molecule has 0 N–H and O–H groups in total. The summed E-state index contributed by atoms with van der Waals surface area (Å²) in [5.41, 5.74) is 5.01. The van der Waals surface area contributed by atoms with Gasteiger partial charge in [0.15, 0.2) is 0 Å². The third-order valence-electron chi connectivity index (χ3n) is 5.29. The number of hydrogen-bond acceptors (Lipinski definition) is 3. The van der Waals surface area contributed by atoms with Crippen LogP contribution >= 0.6 is 11.8 Å². The highest BCUT2D eigenvalue weighted by Crippen LogP contribution is 2.44. The molecule has 3 heterocycles. The molecule has 1 aromatic carbocycles. The highest BCUT2D eigenvalue weighted by molar-refractivity contribution is 8.03. The Morgan fingerprint density at radius 3 is 2.77 bits per heavy atom. The van der Waals surface area contributed by atoms with E-state index in [4.69, 9.17) is 0 Å². The monoisotopic (exact) mass is 365 g/mol. The lowest BCUT2D eigenvalue weighted by atomic mass is 9.88. The zero-order valence-electron chi connectivity index (χ0n) is 14.4. The van der Waals surface area contributed by atoms with Gasteiger partial charge in [-0.25, -0.2) is 9.07 Å². The lowest BCUT2D eigenvalue weighted by Gasteiger charge is -2.41. The van der Waals surface area contributed by atoms with Crippen molar-refractivity contribution in [3.8, 4) is 5.69 Å². The zero-order valence-corrected chi connectivity index (χ0v) is 15.2. The maximum atomic E-state index is 13.3. The summed E-state index contributed by atoms with van der Waals surface area (Å²) in [7, 11) is 0. The fraction of sp³-hybridized carbons (Fsp3) is 0.286. The fourth-order valence-corrected chi connectivity index (χ4v) is 4.86. The molecule has 1 aromatic heterocycles. The lowest BCUT2D eigenvalue weighted by Crippen LogP contribution is -2.43. The quantitative estimate of drug-likeness (QED) is 0.788. The summed E-state index contributed by atoms with van der Waals surface area (Å²) in [4.78, 5) is 3.65. The molecule has 0 unspecified atom stereocenters. The zero-order chi connectivity index (χ0) is 17.5. The number of alkyl halides is 1. The predicted octanol–water partition coefficient (Wildman–Crippen LogP) is 4.63. The third-order valence-corrected chi connectivity index (χ3v) is 6.39. The topological polar surface area (TPSA) is 21.1 Å². The second-order valence-electron chi connectivity index (χ2n) is 6.99. The molecule has 0 spiro atoms. The minimum absolute atomic E-state index is 0.330. The van der Waals surface area contributed by atoms with E-state index in [0.717, 1.165) is 17.9 Å². The van der Waals surface area contributed by atoms with Gasteiger partial charge >= 0.3 is 0 Å². The molecule has 1 fully saturated rings. The van der Waals surface area contributed by atoms with Crippen molar-refractivity contribution in [3.05, 3.63) is 82.8 Å². The largest absolute Gasteiger partial charge is 0.344 e. The molecule has 3 aliphatic rings. The van der Waals surface area contributed by atoms with Crippen LogP contribution < -0.4 is 0 Å². The average molecular weight is 365 g/mol. The summed E-state index contributed by atoms with van der Waals surface area (Å²) in [6.07, 6.45) is 12.0. The Morgan fingerprint density at radius 1 is 1.19 bits per heavy atom. The van der Waals surface area contributed by atoms with Crippen LogP contribution in [0.15, 0.2) is 77.3 Å². The number of halogens is 1. The van der Waals surface area contributed by atoms with Gasteiger partial charge in [-0.3, -0.25) is 0 Å².